The van der Waals surface area contributed by atoms with Gasteiger partial charge < -0.3 is 5.32 Å². The summed E-state index contributed by atoms with van der Waals surface area (Å²) in [5.41, 5.74) is 1.84. The van der Waals surface area contributed by atoms with Crippen molar-refractivity contribution >= 4 is 29.0 Å². The number of halogens is 1. The number of hydrogen-bond acceptors (Lipinski definition) is 4. The summed E-state index contributed by atoms with van der Waals surface area (Å²) >= 11 is 3.13. The molecule has 1 amide bonds. The summed E-state index contributed by atoms with van der Waals surface area (Å²) in [4.78, 5) is 16.1. The van der Waals surface area contributed by atoms with Gasteiger partial charge in [-0.3, -0.25) is 4.79 Å². The maximum atomic E-state index is 12.8. The quantitative estimate of drug-likeness (QED) is 0.825. The van der Waals surface area contributed by atoms with Gasteiger partial charge in [0.1, 0.15) is 10.2 Å². The lowest BCUT2D eigenvalue weighted by Crippen LogP contribution is -2.31. The molecule has 2 aromatic rings. The number of rotatable bonds is 6. The Labute approximate surface area is 132 Å². The van der Waals surface area contributed by atoms with Crippen LogP contribution >= 0.6 is 23.1 Å². The molecule has 1 aromatic heterocycles. The monoisotopic (exact) mass is 324 g/mol. The molecule has 21 heavy (non-hydrogen) atoms. The predicted molar refractivity (Wildman–Crippen MR) is 85.1 cm³/mol. The highest BCUT2D eigenvalue weighted by Crippen LogP contribution is 2.26. The Kier molecular flexibility index (Phi) is 5.76. The molecule has 0 fully saturated rings. The summed E-state index contributed by atoms with van der Waals surface area (Å²) in [6.45, 7) is 3.87. The zero-order valence-electron chi connectivity index (χ0n) is 11.9. The van der Waals surface area contributed by atoms with Gasteiger partial charge in [0.2, 0.25) is 5.91 Å². The summed E-state index contributed by atoms with van der Waals surface area (Å²) < 4.78 is 13.7. The molecule has 0 atom stereocenters. The number of thioether (sulfide) groups is 1. The van der Waals surface area contributed by atoms with Gasteiger partial charge in [-0.05, 0) is 31.5 Å². The summed E-state index contributed by atoms with van der Waals surface area (Å²) in [7, 11) is 0. The number of hydrogen-bond donors (Lipinski definition) is 1. The number of carbonyl (C=O) groups is 1. The molecule has 112 valence electrons. The minimum atomic E-state index is -0.226. The normalized spacial score (nSPS) is 10.9. The van der Waals surface area contributed by atoms with E-state index in [1.54, 1.807) is 23.9 Å². The first-order valence-corrected chi connectivity index (χ1v) is 8.50. The van der Waals surface area contributed by atoms with Gasteiger partial charge in [-0.15, -0.1) is 11.3 Å². The Hall–Kier alpha value is -1.40. The number of nitrogens with zero attached hydrogens (tertiary/aromatic N) is 1. The number of carbonyl (C=O) groups excluding carboxylic acids is 1. The van der Waals surface area contributed by atoms with Gasteiger partial charge in [0, 0.05) is 17.2 Å². The summed E-state index contributed by atoms with van der Waals surface area (Å²) in [5, 5.41) is 4.76. The SMILES string of the molecule is CC(C)NC(=O)Cc1csc(SCc2ccc(F)cc2)n1. The molecular weight excluding hydrogens is 307 g/mol. The molecule has 1 aromatic carbocycles. The molecule has 0 unspecified atom stereocenters. The number of amides is 1. The third-order valence-electron chi connectivity index (χ3n) is 2.60. The topological polar surface area (TPSA) is 42.0 Å². The third kappa shape index (κ3) is 5.47. The summed E-state index contributed by atoms with van der Waals surface area (Å²) in [6, 6.07) is 6.60. The van der Waals surface area contributed by atoms with Crippen LogP contribution in [0.2, 0.25) is 0 Å². The van der Waals surface area contributed by atoms with Crippen molar-refractivity contribution in [2.45, 2.75) is 36.4 Å². The molecule has 0 aliphatic rings. The Morgan fingerprint density at radius 1 is 1.38 bits per heavy atom. The molecule has 0 radical (unpaired) electrons. The van der Waals surface area contributed by atoms with E-state index in [4.69, 9.17) is 0 Å². The molecule has 6 heteroatoms. The fourth-order valence-electron chi connectivity index (χ4n) is 1.70. The zero-order valence-corrected chi connectivity index (χ0v) is 13.6. The Bertz CT molecular complexity index is 596. The van der Waals surface area contributed by atoms with Gasteiger partial charge in [0.15, 0.2) is 0 Å². The Morgan fingerprint density at radius 2 is 2.10 bits per heavy atom. The van der Waals surface area contributed by atoms with Crippen LogP contribution in [0, 0.1) is 5.82 Å². The molecule has 0 saturated heterocycles. The second-order valence-corrected chi connectivity index (χ2v) is 7.00. The van der Waals surface area contributed by atoms with Gasteiger partial charge in [-0.1, -0.05) is 23.9 Å². The molecule has 0 saturated carbocycles. The molecule has 0 bridgehead atoms. The first kappa shape index (κ1) is 16.0. The number of thiazole rings is 1. The van der Waals surface area contributed by atoms with Crippen LogP contribution < -0.4 is 5.32 Å². The van der Waals surface area contributed by atoms with Crippen molar-refractivity contribution in [1.82, 2.24) is 10.3 Å². The van der Waals surface area contributed by atoms with Crippen LogP contribution in [0.3, 0.4) is 0 Å². The maximum absolute atomic E-state index is 12.8. The standard InChI is InChI=1S/C15H17FN2OS2/c1-10(2)17-14(19)7-13-9-21-15(18-13)20-8-11-3-5-12(16)6-4-11/h3-6,9-10H,7-8H2,1-2H3,(H,17,19). The molecule has 0 spiro atoms. The number of benzene rings is 1. The highest BCUT2D eigenvalue weighted by molar-refractivity contribution is 8.00. The average Bonchev–Trinajstić information content (AvgIpc) is 2.84. The van der Waals surface area contributed by atoms with Crippen LogP contribution in [0.5, 0.6) is 0 Å². The van der Waals surface area contributed by atoms with E-state index in [9.17, 15) is 9.18 Å². The van der Waals surface area contributed by atoms with Crippen LogP contribution in [0.25, 0.3) is 0 Å². The maximum Gasteiger partial charge on any atom is 0.226 e. The lowest BCUT2D eigenvalue weighted by Gasteiger charge is -2.06. The highest BCUT2D eigenvalue weighted by Gasteiger charge is 2.09. The molecule has 3 nitrogen and oxygen atoms in total. The first-order valence-electron chi connectivity index (χ1n) is 6.64. The van der Waals surface area contributed by atoms with Crippen LogP contribution in [0.15, 0.2) is 34.0 Å². The van der Waals surface area contributed by atoms with E-state index in [2.05, 4.69) is 10.3 Å². The number of aromatic nitrogens is 1. The van der Waals surface area contributed by atoms with Crippen molar-refractivity contribution in [3.05, 3.63) is 46.7 Å². The minimum Gasteiger partial charge on any atom is -0.354 e. The van der Waals surface area contributed by atoms with Crippen LogP contribution in [-0.4, -0.2) is 16.9 Å². The Morgan fingerprint density at radius 3 is 2.76 bits per heavy atom. The second kappa shape index (κ2) is 7.56. The fraction of sp³-hybridized carbons (Fsp3) is 0.333. The smallest absolute Gasteiger partial charge is 0.226 e. The van der Waals surface area contributed by atoms with Crippen LogP contribution in [0.1, 0.15) is 25.1 Å². The van der Waals surface area contributed by atoms with Gasteiger partial charge in [0.05, 0.1) is 12.1 Å². The van der Waals surface area contributed by atoms with Gasteiger partial charge >= 0.3 is 0 Å². The molecule has 0 aliphatic carbocycles. The van der Waals surface area contributed by atoms with Crippen molar-refractivity contribution in [1.29, 1.82) is 0 Å². The van der Waals surface area contributed by atoms with E-state index >= 15 is 0 Å². The third-order valence-corrected chi connectivity index (χ3v) is 4.74. The molecule has 1 heterocycles. The second-order valence-electron chi connectivity index (χ2n) is 4.92. The summed E-state index contributed by atoms with van der Waals surface area (Å²) in [6.07, 6.45) is 0.311. The highest BCUT2D eigenvalue weighted by atomic mass is 32.2. The molecular formula is C15H17FN2OS2. The lowest BCUT2D eigenvalue weighted by atomic mass is 10.2. The Balaban J connectivity index is 1.85. The van der Waals surface area contributed by atoms with Crippen molar-refractivity contribution in [3.8, 4) is 0 Å². The van der Waals surface area contributed by atoms with Crippen LogP contribution in [-0.2, 0) is 17.0 Å². The molecule has 2 rings (SSSR count). The van der Waals surface area contributed by atoms with E-state index in [1.165, 1.54) is 23.5 Å². The average molecular weight is 324 g/mol. The van der Waals surface area contributed by atoms with Gasteiger partial charge in [0.25, 0.3) is 0 Å². The van der Waals surface area contributed by atoms with Crippen LogP contribution in [0.4, 0.5) is 4.39 Å². The number of nitrogens with one attached hydrogen (secondary N) is 1. The van der Waals surface area contributed by atoms with E-state index < -0.39 is 0 Å². The van der Waals surface area contributed by atoms with E-state index in [-0.39, 0.29) is 17.8 Å². The van der Waals surface area contributed by atoms with Crippen molar-refractivity contribution in [2.24, 2.45) is 0 Å². The van der Waals surface area contributed by atoms with E-state index in [0.717, 1.165) is 21.3 Å². The minimum absolute atomic E-state index is 0.00890. The van der Waals surface area contributed by atoms with E-state index in [1.807, 2.05) is 19.2 Å². The lowest BCUT2D eigenvalue weighted by molar-refractivity contribution is -0.120. The van der Waals surface area contributed by atoms with Crippen molar-refractivity contribution in [3.63, 3.8) is 0 Å². The van der Waals surface area contributed by atoms with Gasteiger partial charge in [-0.2, -0.15) is 0 Å². The van der Waals surface area contributed by atoms with Crippen molar-refractivity contribution in [2.75, 3.05) is 0 Å². The molecule has 0 aliphatic heterocycles. The molecule has 1 N–H and O–H groups in total. The van der Waals surface area contributed by atoms with E-state index in [0.29, 0.717) is 6.42 Å². The zero-order chi connectivity index (χ0) is 15.2. The van der Waals surface area contributed by atoms with Crippen molar-refractivity contribution < 1.29 is 9.18 Å². The van der Waals surface area contributed by atoms with Gasteiger partial charge in [-0.25, -0.2) is 9.37 Å². The summed E-state index contributed by atoms with van der Waals surface area (Å²) in [5.74, 6) is 0.507. The predicted octanol–water partition coefficient (Wildman–Crippen LogP) is 3.64. The fourth-order valence-corrected chi connectivity index (χ4v) is 3.50. The first-order chi connectivity index (χ1) is 10.0. The largest absolute Gasteiger partial charge is 0.354 e.